The van der Waals surface area contributed by atoms with E-state index in [9.17, 15) is 9.90 Å². The van der Waals surface area contributed by atoms with Gasteiger partial charge >= 0.3 is 5.97 Å². The summed E-state index contributed by atoms with van der Waals surface area (Å²) in [4.78, 5) is 14.0. The molecule has 1 fully saturated rings. The topological polar surface area (TPSA) is 59.0 Å². The van der Waals surface area contributed by atoms with Crippen LogP contribution in [0, 0.1) is 0 Å². The first-order chi connectivity index (χ1) is 10.0. The van der Waals surface area contributed by atoms with Crippen molar-refractivity contribution >= 4 is 5.97 Å². The second-order valence-electron chi connectivity index (χ2n) is 5.49. The summed E-state index contributed by atoms with van der Waals surface area (Å²) in [6.07, 6.45) is 3.24. The summed E-state index contributed by atoms with van der Waals surface area (Å²) in [6, 6.07) is 5.34. The number of methoxy groups -OCH3 is 2. The fourth-order valence-electron chi connectivity index (χ4n) is 2.92. The number of carboxylic acids is 1. The number of hydrogen-bond donors (Lipinski definition) is 1. The van der Waals surface area contributed by atoms with Crippen LogP contribution in [0.15, 0.2) is 18.2 Å². The van der Waals surface area contributed by atoms with Gasteiger partial charge in [-0.25, -0.2) is 4.79 Å². The molecule has 1 aromatic rings. The maximum absolute atomic E-state index is 12.0. The number of piperidine rings is 1. The van der Waals surface area contributed by atoms with Gasteiger partial charge in [0, 0.05) is 0 Å². The molecule has 1 unspecified atom stereocenters. The van der Waals surface area contributed by atoms with Crippen LogP contribution in [0.5, 0.6) is 11.5 Å². The molecule has 5 heteroatoms. The number of nitrogens with zero attached hydrogens (tertiary/aromatic N) is 1. The largest absolute Gasteiger partial charge is 0.493 e. The molecule has 1 atom stereocenters. The predicted octanol–water partition coefficient (Wildman–Crippen LogP) is 2.49. The number of likely N-dealkylation sites (tertiary alicyclic amines) is 1. The van der Waals surface area contributed by atoms with Crippen LogP contribution in [0.4, 0.5) is 0 Å². The first-order valence-electron chi connectivity index (χ1n) is 7.25. The van der Waals surface area contributed by atoms with Crippen molar-refractivity contribution in [3.05, 3.63) is 23.8 Å². The van der Waals surface area contributed by atoms with E-state index in [4.69, 9.17) is 9.47 Å². The Morgan fingerprint density at radius 2 is 1.76 bits per heavy atom. The Morgan fingerprint density at radius 1 is 1.14 bits per heavy atom. The molecule has 0 spiro atoms. The van der Waals surface area contributed by atoms with Crippen LogP contribution in [0.1, 0.15) is 31.7 Å². The zero-order chi connectivity index (χ0) is 15.5. The van der Waals surface area contributed by atoms with E-state index in [2.05, 4.69) is 0 Å². The average molecular weight is 293 g/mol. The molecule has 2 rings (SSSR count). The molecule has 5 nitrogen and oxygen atoms in total. The van der Waals surface area contributed by atoms with E-state index in [1.807, 2.05) is 11.0 Å². The van der Waals surface area contributed by atoms with Crippen LogP contribution in [0.25, 0.3) is 0 Å². The summed E-state index contributed by atoms with van der Waals surface area (Å²) in [7, 11) is 3.12. The van der Waals surface area contributed by atoms with Crippen molar-refractivity contribution in [3.8, 4) is 11.5 Å². The van der Waals surface area contributed by atoms with Crippen molar-refractivity contribution in [3.63, 3.8) is 0 Å². The first-order valence-corrected chi connectivity index (χ1v) is 7.25. The van der Waals surface area contributed by atoms with Gasteiger partial charge in [-0.1, -0.05) is 12.5 Å². The monoisotopic (exact) mass is 293 g/mol. The Morgan fingerprint density at radius 3 is 2.29 bits per heavy atom. The number of carboxylic acid groups (broad SMARTS) is 1. The highest BCUT2D eigenvalue weighted by atomic mass is 16.5. The van der Waals surface area contributed by atoms with E-state index in [1.54, 1.807) is 33.3 Å². The van der Waals surface area contributed by atoms with E-state index < -0.39 is 11.5 Å². The van der Waals surface area contributed by atoms with Gasteiger partial charge in [-0.2, -0.15) is 0 Å². The number of hydrogen-bond acceptors (Lipinski definition) is 4. The smallest absolute Gasteiger partial charge is 0.328 e. The molecule has 1 N–H and O–H groups in total. The van der Waals surface area contributed by atoms with Crippen molar-refractivity contribution in [1.82, 2.24) is 4.90 Å². The zero-order valence-electron chi connectivity index (χ0n) is 12.9. The van der Waals surface area contributed by atoms with Crippen molar-refractivity contribution in [2.75, 3.05) is 27.3 Å². The fourth-order valence-corrected chi connectivity index (χ4v) is 2.92. The minimum atomic E-state index is -1.04. The fraction of sp³-hybridized carbons (Fsp3) is 0.562. The van der Waals surface area contributed by atoms with Crippen molar-refractivity contribution in [2.45, 2.75) is 31.7 Å². The quantitative estimate of drug-likeness (QED) is 0.904. The summed E-state index contributed by atoms with van der Waals surface area (Å²) < 4.78 is 10.5. The van der Waals surface area contributed by atoms with Crippen LogP contribution in [0.2, 0.25) is 0 Å². The van der Waals surface area contributed by atoms with E-state index in [-0.39, 0.29) is 0 Å². The zero-order valence-corrected chi connectivity index (χ0v) is 12.9. The lowest BCUT2D eigenvalue weighted by Crippen LogP contribution is -2.51. The third-order valence-electron chi connectivity index (χ3n) is 4.35. The van der Waals surface area contributed by atoms with Crippen LogP contribution in [0.3, 0.4) is 0 Å². The standard InChI is InChI=1S/C16H23NO4/c1-16(15(18)19,17-9-5-4-6-10-17)12-7-8-13(20-2)14(11-12)21-3/h7-8,11H,4-6,9-10H2,1-3H3,(H,18,19). The molecule has 1 aromatic carbocycles. The van der Waals surface area contributed by atoms with Gasteiger partial charge in [0.2, 0.25) is 0 Å². The van der Waals surface area contributed by atoms with Crippen LogP contribution < -0.4 is 9.47 Å². The molecule has 0 bridgehead atoms. The maximum atomic E-state index is 12.0. The summed E-state index contributed by atoms with van der Waals surface area (Å²) in [5.41, 5.74) is -0.325. The highest BCUT2D eigenvalue weighted by Gasteiger charge is 2.42. The molecular formula is C16H23NO4. The Labute approximate surface area is 125 Å². The number of ether oxygens (including phenoxy) is 2. The van der Waals surface area contributed by atoms with Crippen molar-refractivity contribution in [2.24, 2.45) is 0 Å². The van der Waals surface area contributed by atoms with Gasteiger partial charge in [-0.05, 0) is 50.6 Å². The number of benzene rings is 1. The van der Waals surface area contributed by atoms with Crippen molar-refractivity contribution in [1.29, 1.82) is 0 Å². The van der Waals surface area contributed by atoms with Gasteiger partial charge in [0.05, 0.1) is 14.2 Å². The van der Waals surface area contributed by atoms with E-state index in [0.717, 1.165) is 37.9 Å². The van der Waals surface area contributed by atoms with Crippen LogP contribution >= 0.6 is 0 Å². The second-order valence-corrected chi connectivity index (χ2v) is 5.49. The molecule has 21 heavy (non-hydrogen) atoms. The third kappa shape index (κ3) is 2.83. The first kappa shape index (κ1) is 15.6. The normalized spacial score (nSPS) is 18.8. The molecule has 1 saturated heterocycles. The number of aliphatic carboxylic acids is 1. The van der Waals surface area contributed by atoms with Gasteiger partial charge in [0.15, 0.2) is 11.5 Å². The Balaban J connectivity index is 2.44. The van der Waals surface area contributed by atoms with Gasteiger partial charge in [-0.3, -0.25) is 4.90 Å². The minimum absolute atomic E-state index is 0.555. The van der Waals surface area contributed by atoms with E-state index in [0.29, 0.717) is 11.5 Å². The molecule has 0 aromatic heterocycles. The predicted molar refractivity (Wildman–Crippen MR) is 80.0 cm³/mol. The lowest BCUT2D eigenvalue weighted by Gasteiger charge is -2.40. The molecule has 1 aliphatic heterocycles. The van der Waals surface area contributed by atoms with Gasteiger partial charge in [-0.15, -0.1) is 0 Å². The Kier molecular flexibility index (Phi) is 4.73. The van der Waals surface area contributed by atoms with Gasteiger partial charge in [0.1, 0.15) is 5.54 Å². The van der Waals surface area contributed by atoms with E-state index in [1.165, 1.54) is 0 Å². The van der Waals surface area contributed by atoms with Crippen LogP contribution in [-0.2, 0) is 10.3 Å². The summed E-state index contributed by atoms with van der Waals surface area (Å²) in [6.45, 7) is 3.37. The summed E-state index contributed by atoms with van der Waals surface area (Å²) in [5, 5.41) is 9.81. The summed E-state index contributed by atoms with van der Waals surface area (Å²) >= 11 is 0. The molecule has 1 heterocycles. The maximum Gasteiger partial charge on any atom is 0.328 e. The number of carbonyl (C=O) groups is 1. The lowest BCUT2D eigenvalue weighted by molar-refractivity contribution is -0.152. The highest BCUT2D eigenvalue weighted by Crippen LogP contribution is 2.36. The number of rotatable bonds is 5. The van der Waals surface area contributed by atoms with Crippen molar-refractivity contribution < 1.29 is 19.4 Å². The van der Waals surface area contributed by atoms with Crippen LogP contribution in [-0.4, -0.2) is 43.3 Å². The molecular weight excluding hydrogens is 270 g/mol. The molecule has 0 radical (unpaired) electrons. The van der Waals surface area contributed by atoms with Gasteiger partial charge in [0.25, 0.3) is 0 Å². The average Bonchev–Trinajstić information content (AvgIpc) is 2.53. The van der Waals surface area contributed by atoms with Gasteiger partial charge < -0.3 is 14.6 Å². The SMILES string of the molecule is COc1ccc(C(C)(C(=O)O)N2CCCCC2)cc1OC. The molecule has 116 valence electrons. The molecule has 0 saturated carbocycles. The Bertz CT molecular complexity index is 511. The van der Waals surface area contributed by atoms with E-state index >= 15 is 0 Å². The lowest BCUT2D eigenvalue weighted by atomic mass is 9.88. The molecule has 0 amide bonds. The Hall–Kier alpha value is -1.75. The summed E-state index contributed by atoms with van der Waals surface area (Å²) in [5.74, 6) is 0.323. The third-order valence-corrected chi connectivity index (χ3v) is 4.35. The second kappa shape index (κ2) is 6.35. The molecule has 0 aliphatic carbocycles. The highest BCUT2D eigenvalue weighted by molar-refractivity contribution is 5.80. The minimum Gasteiger partial charge on any atom is -0.493 e. The molecule has 1 aliphatic rings.